The summed E-state index contributed by atoms with van der Waals surface area (Å²) in [6.45, 7) is 0.466. The molecule has 2 aliphatic heterocycles. The van der Waals surface area contributed by atoms with Crippen molar-refractivity contribution in [3.8, 4) is 16.9 Å². The van der Waals surface area contributed by atoms with Gasteiger partial charge in [0.15, 0.2) is 11.5 Å². The fraction of sp³-hybridized carbons (Fsp3) is 0.294. The molecule has 0 radical (unpaired) electrons. The maximum Gasteiger partial charge on any atom is 0.245 e. The summed E-state index contributed by atoms with van der Waals surface area (Å²) in [4.78, 5) is 37.2. The minimum atomic E-state index is -0.757. The molecule has 4 aromatic heterocycles. The molecule has 2 unspecified atom stereocenters. The number of nitrogens with zero attached hydrogens (tertiary/aromatic N) is 9. The van der Waals surface area contributed by atoms with Gasteiger partial charge in [0.2, 0.25) is 5.91 Å². The lowest BCUT2D eigenvalue weighted by atomic mass is 10.1. The van der Waals surface area contributed by atoms with Crippen molar-refractivity contribution in [2.45, 2.75) is 49.9 Å². The van der Waals surface area contributed by atoms with Crippen molar-refractivity contribution in [3.63, 3.8) is 0 Å². The van der Waals surface area contributed by atoms with Gasteiger partial charge in [0.1, 0.15) is 35.5 Å². The van der Waals surface area contributed by atoms with Gasteiger partial charge in [-0.15, -0.1) is 0 Å². The van der Waals surface area contributed by atoms with Gasteiger partial charge >= 0.3 is 0 Å². The molecule has 1 aliphatic carbocycles. The molecule has 1 saturated heterocycles. The van der Waals surface area contributed by atoms with Crippen LogP contribution in [0.3, 0.4) is 0 Å². The average molecular weight is 633 g/mol. The van der Waals surface area contributed by atoms with E-state index in [2.05, 4.69) is 31.0 Å². The highest BCUT2D eigenvalue weighted by Gasteiger charge is 2.43. The number of hydrogen-bond donors (Lipinski definition) is 1. The van der Waals surface area contributed by atoms with Crippen molar-refractivity contribution < 1.29 is 13.6 Å². The third-order valence-electron chi connectivity index (χ3n) is 9.98. The van der Waals surface area contributed by atoms with Gasteiger partial charge in [-0.3, -0.25) is 4.79 Å². The number of rotatable bonds is 2. The van der Waals surface area contributed by atoms with Crippen molar-refractivity contribution in [2.75, 3.05) is 23.8 Å². The Hall–Kier alpha value is -5.46. The zero-order valence-corrected chi connectivity index (χ0v) is 25.5. The molecule has 1 saturated carbocycles. The second kappa shape index (κ2) is 10.5. The molecule has 1 N–H and O–H groups in total. The van der Waals surface area contributed by atoms with Crippen LogP contribution in [-0.2, 0) is 4.79 Å². The highest BCUT2D eigenvalue weighted by molar-refractivity contribution is 5.93. The van der Waals surface area contributed by atoms with Crippen molar-refractivity contribution in [3.05, 3.63) is 85.1 Å². The third kappa shape index (κ3) is 4.43. The summed E-state index contributed by atoms with van der Waals surface area (Å²) in [5.41, 5.74) is 4.29. The topological polar surface area (TPSA) is 110 Å². The van der Waals surface area contributed by atoms with Crippen molar-refractivity contribution >= 4 is 39.6 Å². The number of para-hydroxylation sites is 1. The van der Waals surface area contributed by atoms with Gasteiger partial charge < -0.3 is 19.7 Å². The number of pyridine rings is 1. The van der Waals surface area contributed by atoms with E-state index in [9.17, 15) is 13.6 Å². The van der Waals surface area contributed by atoms with Gasteiger partial charge in [-0.25, -0.2) is 33.4 Å². The summed E-state index contributed by atoms with van der Waals surface area (Å²) < 4.78 is 32.1. The van der Waals surface area contributed by atoms with Crippen LogP contribution in [-0.4, -0.2) is 76.8 Å². The molecule has 1 amide bonds. The van der Waals surface area contributed by atoms with Crippen LogP contribution < -0.4 is 10.2 Å². The van der Waals surface area contributed by atoms with Crippen LogP contribution in [0.1, 0.15) is 31.7 Å². The Morgan fingerprint density at radius 1 is 0.957 bits per heavy atom. The molecule has 13 heteroatoms. The zero-order valence-electron chi connectivity index (χ0n) is 25.5. The van der Waals surface area contributed by atoms with Gasteiger partial charge in [0.05, 0.1) is 34.6 Å². The first kappa shape index (κ1) is 27.8. The number of halogens is 2. The number of imidazole rings is 1. The fourth-order valence-electron chi connectivity index (χ4n) is 7.70. The number of amides is 1. The van der Waals surface area contributed by atoms with Crippen LogP contribution in [0.15, 0.2) is 73.4 Å². The van der Waals surface area contributed by atoms with E-state index in [1.165, 1.54) is 23.1 Å². The number of carbonyl (C=O) groups excluding carboxylic acids is 1. The molecular weight excluding hydrogens is 602 g/mol. The van der Waals surface area contributed by atoms with Gasteiger partial charge in [0, 0.05) is 43.3 Å². The number of carbonyl (C=O) groups is 1. The van der Waals surface area contributed by atoms with E-state index in [0.717, 1.165) is 47.6 Å². The van der Waals surface area contributed by atoms with Crippen LogP contribution in [0.25, 0.3) is 39.0 Å². The lowest BCUT2D eigenvalue weighted by molar-refractivity contribution is -0.133. The number of fused-ring (bicyclic) bond motifs is 9. The molecule has 6 aromatic rings. The molecule has 11 nitrogen and oxygen atoms in total. The van der Waals surface area contributed by atoms with Crippen LogP contribution in [0.2, 0.25) is 0 Å². The van der Waals surface area contributed by atoms with Crippen molar-refractivity contribution in [1.82, 2.24) is 39.2 Å². The fourth-order valence-corrected chi connectivity index (χ4v) is 7.70. The maximum atomic E-state index is 14.8. The Labute approximate surface area is 267 Å². The summed E-state index contributed by atoms with van der Waals surface area (Å²) in [5, 5.41) is 8.56. The average Bonchev–Trinajstić information content (AvgIpc) is 3.89. The lowest BCUT2D eigenvalue weighted by Crippen LogP contribution is -2.47. The van der Waals surface area contributed by atoms with E-state index in [1.54, 1.807) is 6.20 Å². The highest BCUT2D eigenvalue weighted by atomic mass is 19.1. The van der Waals surface area contributed by atoms with E-state index in [-0.39, 0.29) is 29.7 Å². The Bertz CT molecular complexity index is 2200. The Balaban J connectivity index is 1.14. The monoisotopic (exact) mass is 632 g/mol. The minimum absolute atomic E-state index is 0.0106. The first-order valence-electron chi connectivity index (χ1n) is 15.8. The summed E-state index contributed by atoms with van der Waals surface area (Å²) in [6, 6.07) is 15.0. The highest BCUT2D eigenvalue weighted by Crippen LogP contribution is 2.39. The molecule has 3 aliphatic rings. The van der Waals surface area contributed by atoms with Crippen LogP contribution in [0.4, 0.5) is 20.4 Å². The predicted molar refractivity (Wildman–Crippen MR) is 172 cm³/mol. The van der Waals surface area contributed by atoms with Crippen molar-refractivity contribution in [2.24, 2.45) is 0 Å². The molecule has 6 heterocycles. The molecule has 47 heavy (non-hydrogen) atoms. The maximum absolute atomic E-state index is 14.8. The minimum Gasteiger partial charge on any atom is -0.365 e. The quantitative estimate of drug-likeness (QED) is 0.280. The normalized spacial score (nSPS) is 22.5. The standard InChI is InChI=1S/C34H30F2N10O/c1-43-21-9-10-22(14-21)45-18-39-27-6-2-4-23(31(27)45)26-5-3-7-30(42-26)41-20-13-29(34(43)47)44(16-20)32-24-15-40-46(33(24)38-17-37-32)28-11-8-19(35)12-25(28)36/h2-8,11-12,15,17-18,20-22,29H,9-10,13-14,16H2,1H3,(H,41,42)/t20?,21-,22?,29+/m1/s1. The van der Waals surface area contributed by atoms with E-state index < -0.39 is 17.7 Å². The number of likely N-dealkylation sites (N-methyl/N-ethyl adjacent to an activating group) is 1. The summed E-state index contributed by atoms with van der Waals surface area (Å²) in [7, 11) is 1.90. The van der Waals surface area contributed by atoms with Gasteiger partial charge in [-0.1, -0.05) is 18.2 Å². The third-order valence-corrected chi connectivity index (χ3v) is 9.98. The first-order chi connectivity index (χ1) is 22.9. The molecular formula is C34H30F2N10O. The summed E-state index contributed by atoms with van der Waals surface area (Å²) >= 11 is 0. The van der Waals surface area contributed by atoms with Crippen LogP contribution in [0.5, 0.6) is 0 Å². The predicted octanol–water partition coefficient (Wildman–Crippen LogP) is 5.13. The smallest absolute Gasteiger partial charge is 0.245 e. The van der Waals surface area contributed by atoms with Gasteiger partial charge in [-0.05, 0) is 56.0 Å². The molecule has 236 valence electrons. The molecule has 4 atom stereocenters. The zero-order chi connectivity index (χ0) is 31.8. The summed E-state index contributed by atoms with van der Waals surface area (Å²) in [6.07, 6.45) is 8.04. The second-order valence-corrected chi connectivity index (χ2v) is 12.6. The number of nitrogens with one attached hydrogen (secondary N) is 1. The molecule has 2 aromatic carbocycles. The van der Waals surface area contributed by atoms with Crippen LogP contribution in [0, 0.1) is 11.6 Å². The van der Waals surface area contributed by atoms with E-state index >= 15 is 0 Å². The Kier molecular flexibility index (Phi) is 6.24. The van der Waals surface area contributed by atoms with Gasteiger partial charge in [0.25, 0.3) is 0 Å². The lowest BCUT2D eigenvalue weighted by Gasteiger charge is -2.32. The Morgan fingerprint density at radius 2 is 1.83 bits per heavy atom. The number of benzene rings is 2. The SMILES string of the molecule is CN1C(=O)[C@@H]2CC(CN2c2ncnc3c2cnn3-c2ccc(F)cc2F)Nc2cccc(n2)-c2cccc3ncn(c23)C2CC[C@@H]1C2. The molecule has 9 rings (SSSR count). The number of hydrogen-bond acceptors (Lipinski definition) is 8. The number of aromatic nitrogens is 7. The molecule has 2 fully saturated rings. The van der Waals surface area contributed by atoms with E-state index in [1.807, 2.05) is 53.5 Å². The largest absolute Gasteiger partial charge is 0.365 e. The Morgan fingerprint density at radius 3 is 2.72 bits per heavy atom. The number of anilines is 2. The van der Waals surface area contributed by atoms with E-state index in [0.29, 0.717) is 35.6 Å². The molecule has 6 bridgehead atoms. The van der Waals surface area contributed by atoms with Crippen molar-refractivity contribution in [1.29, 1.82) is 0 Å². The van der Waals surface area contributed by atoms with E-state index in [4.69, 9.17) is 9.97 Å². The molecule has 0 spiro atoms. The van der Waals surface area contributed by atoms with Crippen LogP contribution >= 0.6 is 0 Å². The van der Waals surface area contributed by atoms with Gasteiger partial charge in [-0.2, -0.15) is 5.10 Å². The first-order valence-corrected chi connectivity index (χ1v) is 15.8. The summed E-state index contributed by atoms with van der Waals surface area (Å²) in [5.74, 6) is -0.188. The second-order valence-electron chi connectivity index (χ2n) is 12.6.